The van der Waals surface area contributed by atoms with E-state index in [-0.39, 0.29) is 360 Å². The number of hydrogen-bond donors (Lipinski definition) is 7. The molecule has 8 rings (SSSR count). The summed E-state index contributed by atoms with van der Waals surface area (Å²) in [5.74, 6) is -10.7. The SMILES string of the molecule is CN(CCS(=O)(=O)CCOS(=O)(=O)[O-])c1nc(F)nc(Nc2cc(S(=O)(=O)[O-])cc(N=NC(=N[N-]c3cc(SOO[O-])ccc3C(=O)O)c3ccccc3)c2O)n1.CN(CCS(=O)(=O)CCOS(=O)(=O)[O-])c1nc(F)nc(Nc2cc(S(=O)(=O)[O-])cc(N=NC(=N[N-]c3ccc(SOO[O-])cc3C(=O)O)c3ccccc3)c2O)n1.S[I-]I.[3H][I-]I.[Cu+].[Cu+].[Na+].[Na+].[Na+].[Na+].[Na+].[Na+].[Na+].[Na+]. The van der Waals surface area contributed by atoms with Gasteiger partial charge in [-0.25, -0.2) is 60.1 Å². The Bertz CT molecular complexity index is 5820. The molecule has 6 aromatic carbocycles. The molecule has 129 heavy (non-hydrogen) atoms. The molecule has 0 amide bonds. The molecule has 2 aromatic heterocycles. The van der Waals surface area contributed by atoms with Gasteiger partial charge >= 0.3 is 377 Å². The molecule has 0 saturated heterocycles. The number of carboxylic acids is 2. The summed E-state index contributed by atoms with van der Waals surface area (Å²) in [4.78, 5) is 45.7. The average molecular weight is 2600 g/mol. The van der Waals surface area contributed by atoms with Crippen LogP contribution < -0.4 is 302 Å². The van der Waals surface area contributed by atoms with Gasteiger partial charge in [-0.15, -0.1) is 31.8 Å². The Labute approximate surface area is 988 Å². The molecule has 2 heterocycles. The van der Waals surface area contributed by atoms with E-state index < -0.39 is 202 Å². The predicted molar refractivity (Wildman–Crippen MR) is 416 cm³/mol. The minimum Gasteiger partial charge on any atom is 1.00 e. The first-order chi connectivity index (χ1) is 56.3. The molecule has 0 radical (unpaired) electrons. The van der Waals surface area contributed by atoms with Crippen molar-refractivity contribution >= 4 is 213 Å². The molecule has 0 atom stereocenters. The summed E-state index contributed by atoms with van der Waals surface area (Å²) in [6, 6.07) is 25.3. The van der Waals surface area contributed by atoms with Gasteiger partial charge in [0.2, 0.25) is 44.6 Å². The number of hydrogen-bond acceptors (Lipinski definition) is 45. The summed E-state index contributed by atoms with van der Waals surface area (Å²) in [5.41, 5.74) is 4.53. The number of anilines is 6. The fourth-order valence-electron chi connectivity index (χ4n) is 8.28. The molecule has 0 fully saturated rings. The van der Waals surface area contributed by atoms with E-state index >= 15 is 0 Å². The fourth-order valence-corrected chi connectivity index (χ4v) is 13.1. The summed E-state index contributed by atoms with van der Waals surface area (Å²) in [7, 11) is -22.5. The third-order valence-electron chi connectivity index (χ3n) is 13.6. The van der Waals surface area contributed by atoms with Crippen LogP contribution in [-0.4, -0.2) is 207 Å². The quantitative estimate of drug-likeness (QED) is 0.00154. The number of aromatic nitrogens is 6. The molecule has 0 bridgehead atoms. The van der Waals surface area contributed by atoms with Gasteiger partial charge in [0, 0.05) is 59.2 Å². The van der Waals surface area contributed by atoms with Gasteiger partial charge in [-0.1, -0.05) is 72.8 Å². The van der Waals surface area contributed by atoms with E-state index in [1.807, 2.05) is 0 Å². The van der Waals surface area contributed by atoms with Crippen LogP contribution in [0.15, 0.2) is 172 Å². The minimum atomic E-state index is -5.28. The van der Waals surface area contributed by atoms with Crippen molar-refractivity contribution in [2.24, 2.45) is 30.7 Å². The van der Waals surface area contributed by atoms with Gasteiger partial charge in [-0.2, -0.15) is 47.4 Å². The number of aromatic carboxylic acids is 2. The second-order valence-corrected chi connectivity index (χ2v) is 41.1. The van der Waals surface area contributed by atoms with Crippen LogP contribution in [0, 0.1) is 12.2 Å². The van der Waals surface area contributed by atoms with Gasteiger partial charge in [-0.05, 0) is 48.5 Å². The smallest absolute Gasteiger partial charge is 1.00 e. The number of amidine groups is 2. The molecule has 0 aliphatic rings. The van der Waals surface area contributed by atoms with E-state index in [4.69, 9.17) is 0.594 Å². The molecule has 48 nitrogen and oxygen atoms in total. The maximum Gasteiger partial charge on any atom is 1.00 e. The van der Waals surface area contributed by atoms with Crippen LogP contribution in [0.5, 0.6) is 11.5 Å². The molecule has 0 unspecified atom stereocenters. The van der Waals surface area contributed by atoms with E-state index in [1.54, 1.807) is 36.4 Å². The Hall–Kier alpha value is 1.31. The Morgan fingerprint density at radius 1 is 0.550 bits per heavy atom. The summed E-state index contributed by atoms with van der Waals surface area (Å²) < 4.78 is 237. The van der Waals surface area contributed by atoms with Crippen molar-refractivity contribution in [1.29, 1.82) is 0.594 Å². The Kier molecular flexibility index (Phi) is 75.4. The zero-order valence-electron chi connectivity index (χ0n) is 68.3. The summed E-state index contributed by atoms with van der Waals surface area (Å²) in [6.45, 7) is -2.68. The van der Waals surface area contributed by atoms with Crippen LogP contribution >= 0.6 is 71.1 Å². The van der Waals surface area contributed by atoms with Crippen molar-refractivity contribution in [2.75, 3.05) is 83.8 Å². The molecular weight excluding hydrogens is 2550 g/mol. The number of sulfone groups is 2. The second-order valence-electron chi connectivity index (χ2n) is 21.5. The van der Waals surface area contributed by atoms with Crippen molar-refractivity contribution in [3.8, 4) is 11.5 Å². The molecular formula is C56H50Cu2F2I4N18Na8O30S9. The van der Waals surface area contributed by atoms with E-state index in [9.17, 15) is 118 Å². The summed E-state index contributed by atoms with van der Waals surface area (Å²) >= 11 is 5.25. The Balaban J connectivity index is -0.000000519. The van der Waals surface area contributed by atoms with Gasteiger partial charge in [-0.3, -0.25) is 18.4 Å². The Morgan fingerprint density at radius 3 is 1.24 bits per heavy atom. The molecule has 0 spiro atoms. The number of nitrogens with one attached hydrogen (secondary N) is 2. The number of benzene rings is 6. The number of nitrogens with zero attached hydrogens (tertiary/aromatic N) is 16. The number of thiol groups is 1. The van der Waals surface area contributed by atoms with Crippen LogP contribution in [0.2, 0.25) is 0 Å². The first-order valence-electron chi connectivity index (χ1n) is 30.9. The zero-order valence-corrected chi connectivity index (χ0v) is 101. The van der Waals surface area contributed by atoms with Crippen molar-refractivity contribution < 1.29 is 450 Å². The number of rotatable bonds is 38. The van der Waals surface area contributed by atoms with E-state index in [1.165, 1.54) is 62.6 Å². The number of halogens is 6. The third-order valence-corrected chi connectivity index (χ3v) is 20.4. The predicted octanol–water partition coefficient (Wildman–Crippen LogP) is -24.5. The third kappa shape index (κ3) is 52.8. The average Bonchev–Trinajstić information content (AvgIpc) is 0.797. The van der Waals surface area contributed by atoms with Crippen LogP contribution in [0.4, 0.5) is 66.7 Å². The zero-order chi connectivity index (χ0) is 89.3. The minimum absolute atomic E-state index is 0. The van der Waals surface area contributed by atoms with Crippen LogP contribution in [0.3, 0.4) is 0 Å². The van der Waals surface area contributed by atoms with Gasteiger partial charge in [0.15, 0.2) is 42.8 Å². The molecule has 0 aliphatic heterocycles. The number of carbonyl (C=O) groups is 2. The largest absolute Gasteiger partial charge is 1.00 e. The van der Waals surface area contributed by atoms with Crippen LogP contribution in [-0.2, 0) is 122 Å². The molecule has 6 N–H and O–H groups in total. The fraction of sp³-hybridized carbons (Fsp3) is 0.179. The van der Waals surface area contributed by atoms with Gasteiger partial charge in [0.1, 0.15) is 31.6 Å². The maximum absolute atomic E-state index is 14.5. The number of phenolic OH excluding ortho intramolecular Hbond substituents is 2. The summed E-state index contributed by atoms with van der Waals surface area (Å²) in [6.07, 6.45) is -2.87. The monoisotopic (exact) mass is 2600 g/mol. The second kappa shape index (κ2) is 70.1. The van der Waals surface area contributed by atoms with Crippen LogP contribution in [0.25, 0.3) is 10.9 Å². The van der Waals surface area contributed by atoms with Gasteiger partial charge < -0.3 is 90.6 Å². The van der Waals surface area contributed by atoms with Crippen molar-refractivity contribution in [3.05, 3.63) is 167 Å². The topological polar surface area (TPSA) is 724 Å². The van der Waals surface area contributed by atoms with E-state index in [0.717, 1.165) is 21.9 Å². The molecule has 73 heteroatoms. The number of carboxylic acid groups (broad SMARTS) is 2. The number of phenols is 2. The van der Waals surface area contributed by atoms with Crippen LogP contribution in [0.1, 0.15) is 31.8 Å². The first-order valence-corrected chi connectivity index (χ1v) is 57.0. The molecule has 0 aliphatic carbocycles. The van der Waals surface area contributed by atoms with Crippen molar-refractivity contribution in [2.45, 2.75) is 19.6 Å². The molecule has 0 saturated carbocycles. The van der Waals surface area contributed by atoms with Gasteiger partial charge in [0.05, 0.1) is 81.5 Å². The van der Waals surface area contributed by atoms with E-state index in [0.29, 0.717) is 48.4 Å². The van der Waals surface area contributed by atoms with Crippen molar-refractivity contribution in [3.63, 3.8) is 0 Å². The Morgan fingerprint density at radius 2 is 0.899 bits per heavy atom. The maximum atomic E-state index is 14.5. The summed E-state index contributed by atoms with van der Waals surface area (Å²) in [5, 5.41) is 96.5. The molecule has 8 aromatic rings. The van der Waals surface area contributed by atoms with Crippen molar-refractivity contribution in [1.82, 2.24) is 29.9 Å². The number of aromatic hydroxyl groups is 2. The number of azo groups is 2. The first kappa shape index (κ1) is 139. The van der Waals surface area contributed by atoms with E-state index in [2.05, 4.69) is 156 Å². The van der Waals surface area contributed by atoms with Gasteiger partial charge in [0.25, 0.3) is 0 Å². The standard InChI is InChI=1S/2C28H28FN9O15S4.2Cu.HI2S.HI2.8Na/c1-38(9-11-55(43,44)12-10-51-57(48,49)50)28-32-26(29)31-27(33-28)30-21-14-18(56(45,46)47)15-22(23(21)39)35-37-24(16-5-3-2-4-6-16)36-34-20-8-7-17(54-53-52-42)13-19(20)25(40)41;1-38(9-11-55(43,44)12-10-51-57(48,49)50)28-32-26(29)31-27(33-28)30-21-14-18(56(45,46)47)15-22(23(21)39)35-37-24(16-5-3-2-4-6-16)36-34-20-13-17(54-53-52-42)7-8-19(20)25(40)41;;;1-2-3;1-2;;;;;;;;/h2*2-8,13-15H,9-12H2,1H3,(H7,30,31,32,33,34,35,36,37,39,40,41,42,45,46,47,48,49,50);;;3H;1H;;;;;;;;/q;;2*+1;2*-1;8*+1/p-8/i;;;;;1T;;;;;;;;. The normalized spacial score (nSPS) is 11.4. The molecule has 670 valence electrons.